The molecule has 0 amide bonds. The van der Waals surface area contributed by atoms with Crippen molar-refractivity contribution in [2.24, 2.45) is 5.73 Å². The third-order valence-corrected chi connectivity index (χ3v) is 6.32. The second-order valence-corrected chi connectivity index (χ2v) is 8.62. The zero-order chi connectivity index (χ0) is 22.6. The predicted octanol–water partition coefficient (Wildman–Crippen LogP) is 3.47. The van der Waals surface area contributed by atoms with Crippen LogP contribution in [0.25, 0.3) is 10.8 Å². The minimum atomic E-state index is -4.16. The fraction of sp³-hybridized carbons (Fsp3) is 0.238. The minimum Gasteiger partial charge on any atom is -0.506 e. The number of carboxylic acid groups (broad SMARTS) is 1. The van der Waals surface area contributed by atoms with E-state index in [2.05, 4.69) is 10.1 Å². The van der Waals surface area contributed by atoms with E-state index in [1.54, 1.807) is 25.1 Å². The molecule has 0 saturated carbocycles. The SMILES string of the molecule is Cc1ncc(COP(=O)(NC(C)C(=O)O)Oc2cccc3ccccc23)c(CN)c1O. The molecule has 0 radical (unpaired) electrons. The number of nitrogens with two attached hydrogens (primary N) is 1. The molecule has 0 bridgehead atoms. The molecular formula is C21H24N3O6P. The zero-order valence-electron chi connectivity index (χ0n) is 17.1. The molecule has 3 rings (SSSR count). The fourth-order valence-corrected chi connectivity index (χ4v) is 4.47. The summed E-state index contributed by atoms with van der Waals surface area (Å²) in [5.74, 6) is -1.02. The van der Waals surface area contributed by atoms with Crippen LogP contribution >= 0.6 is 7.75 Å². The number of rotatable bonds is 9. The Bertz CT molecular complexity index is 1150. The van der Waals surface area contributed by atoms with Crippen LogP contribution in [0.15, 0.2) is 48.7 Å². The van der Waals surface area contributed by atoms with Gasteiger partial charge in [0.25, 0.3) is 0 Å². The summed E-state index contributed by atoms with van der Waals surface area (Å²) in [4.78, 5) is 15.4. The first-order valence-corrected chi connectivity index (χ1v) is 11.1. The molecule has 0 aliphatic carbocycles. The van der Waals surface area contributed by atoms with Gasteiger partial charge in [-0.15, -0.1) is 0 Å². The maximum absolute atomic E-state index is 13.5. The summed E-state index contributed by atoms with van der Waals surface area (Å²) in [5.41, 5.74) is 6.94. The molecule has 2 atom stereocenters. The monoisotopic (exact) mass is 445 g/mol. The molecule has 164 valence electrons. The number of benzene rings is 2. The minimum absolute atomic E-state index is 0.0152. The summed E-state index contributed by atoms with van der Waals surface area (Å²) in [6.45, 7) is 2.70. The quantitative estimate of drug-likeness (QED) is 0.364. The second kappa shape index (κ2) is 9.45. The van der Waals surface area contributed by atoms with E-state index in [1.807, 2.05) is 24.3 Å². The van der Waals surface area contributed by atoms with Gasteiger partial charge in [0.1, 0.15) is 17.5 Å². The van der Waals surface area contributed by atoms with Crippen molar-refractivity contribution in [3.8, 4) is 11.5 Å². The van der Waals surface area contributed by atoms with E-state index in [0.29, 0.717) is 22.2 Å². The van der Waals surface area contributed by atoms with Crippen LogP contribution in [0, 0.1) is 6.92 Å². The average molecular weight is 445 g/mol. The highest BCUT2D eigenvalue weighted by molar-refractivity contribution is 7.52. The standard InChI is InChI=1S/C21H24N3O6P/c1-13-20(25)18(10-22)16(11-23-13)12-29-31(28,24-14(2)21(26)27)30-19-9-5-7-15-6-3-4-8-17(15)19/h3-9,11,14,25H,10,12,22H2,1-2H3,(H,24,28)(H,26,27). The van der Waals surface area contributed by atoms with Crippen molar-refractivity contribution >= 4 is 24.5 Å². The van der Waals surface area contributed by atoms with Crippen LogP contribution in [0.1, 0.15) is 23.7 Å². The van der Waals surface area contributed by atoms with Crippen molar-refractivity contribution in [2.75, 3.05) is 0 Å². The van der Waals surface area contributed by atoms with Crippen molar-refractivity contribution < 1.29 is 28.6 Å². The molecule has 2 aromatic carbocycles. The predicted molar refractivity (Wildman–Crippen MR) is 116 cm³/mol. The average Bonchev–Trinajstić information content (AvgIpc) is 2.74. The van der Waals surface area contributed by atoms with Crippen molar-refractivity contribution in [1.29, 1.82) is 0 Å². The van der Waals surface area contributed by atoms with Gasteiger partial charge in [-0.1, -0.05) is 36.4 Å². The van der Waals surface area contributed by atoms with E-state index in [4.69, 9.17) is 14.8 Å². The number of aliphatic carboxylic acids is 1. The Balaban J connectivity index is 1.93. The smallest absolute Gasteiger partial charge is 0.459 e. The number of hydrogen-bond donors (Lipinski definition) is 4. The molecule has 1 heterocycles. The highest BCUT2D eigenvalue weighted by Crippen LogP contribution is 2.47. The first-order valence-electron chi connectivity index (χ1n) is 9.53. The lowest BCUT2D eigenvalue weighted by molar-refractivity contribution is -0.138. The largest absolute Gasteiger partial charge is 0.506 e. The summed E-state index contributed by atoms with van der Waals surface area (Å²) >= 11 is 0. The number of aromatic hydroxyl groups is 1. The lowest BCUT2D eigenvalue weighted by Gasteiger charge is -2.23. The van der Waals surface area contributed by atoms with Gasteiger partial charge in [-0.3, -0.25) is 14.3 Å². The van der Waals surface area contributed by atoms with Gasteiger partial charge < -0.3 is 20.5 Å². The Kier molecular flexibility index (Phi) is 6.92. The van der Waals surface area contributed by atoms with Crippen LogP contribution in [0.2, 0.25) is 0 Å². The summed E-state index contributed by atoms with van der Waals surface area (Å²) in [5, 5.41) is 23.4. The van der Waals surface area contributed by atoms with Crippen LogP contribution in [0.4, 0.5) is 0 Å². The van der Waals surface area contributed by atoms with Gasteiger partial charge in [0.2, 0.25) is 0 Å². The van der Waals surface area contributed by atoms with Gasteiger partial charge in [-0.05, 0) is 25.3 Å². The normalized spacial score (nSPS) is 14.2. The molecule has 9 nitrogen and oxygen atoms in total. The summed E-state index contributed by atoms with van der Waals surface area (Å²) in [6, 6.07) is 11.3. The Morgan fingerprint density at radius 1 is 1.26 bits per heavy atom. The number of nitrogens with one attached hydrogen (secondary N) is 1. The zero-order valence-corrected chi connectivity index (χ0v) is 18.0. The van der Waals surface area contributed by atoms with Crippen molar-refractivity contribution in [2.45, 2.75) is 33.0 Å². The van der Waals surface area contributed by atoms with E-state index < -0.39 is 19.8 Å². The topological polar surface area (TPSA) is 144 Å². The highest BCUT2D eigenvalue weighted by atomic mass is 31.2. The Morgan fingerprint density at radius 3 is 2.68 bits per heavy atom. The van der Waals surface area contributed by atoms with Gasteiger partial charge in [-0.2, -0.15) is 5.09 Å². The Hall–Kier alpha value is -2.97. The van der Waals surface area contributed by atoms with Crippen LogP contribution in [0.5, 0.6) is 11.5 Å². The van der Waals surface area contributed by atoms with Crippen LogP contribution in [-0.2, 0) is 27.0 Å². The summed E-state index contributed by atoms with van der Waals surface area (Å²) < 4.78 is 24.8. The number of aromatic nitrogens is 1. The van der Waals surface area contributed by atoms with Crippen molar-refractivity contribution in [1.82, 2.24) is 10.1 Å². The lowest BCUT2D eigenvalue weighted by Crippen LogP contribution is -2.33. The summed E-state index contributed by atoms with van der Waals surface area (Å²) in [7, 11) is -4.16. The number of carbonyl (C=O) groups is 1. The van der Waals surface area contributed by atoms with Crippen LogP contribution < -0.4 is 15.3 Å². The van der Waals surface area contributed by atoms with E-state index in [1.165, 1.54) is 13.1 Å². The van der Waals surface area contributed by atoms with Gasteiger partial charge >= 0.3 is 13.7 Å². The number of hydrogen-bond acceptors (Lipinski definition) is 7. The van der Waals surface area contributed by atoms with E-state index in [0.717, 1.165) is 5.39 Å². The maximum atomic E-state index is 13.5. The van der Waals surface area contributed by atoms with Crippen molar-refractivity contribution in [3.63, 3.8) is 0 Å². The number of fused-ring (bicyclic) bond motifs is 1. The van der Waals surface area contributed by atoms with E-state index >= 15 is 0 Å². The van der Waals surface area contributed by atoms with Crippen molar-refractivity contribution in [3.05, 3.63) is 65.5 Å². The van der Waals surface area contributed by atoms with E-state index in [-0.39, 0.29) is 24.7 Å². The molecule has 0 aliphatic rings. The van der Waals surface area contributed by atoms with Gasteiger partial charge in [0, 0.05) is 29.3 Å². The molecule has 0 spiro atoms. The maximum Gasteiger partial charge on any atom is 0.459 e. The molecule has 0 fully saturated rings. The highest BCUT2D eigenvalue weighted by Gasteiger charge is 2.32. The lowest BCUT2D eigenvalue weighted by atomic mass is 10.1. The first-order chi connectivity index (χ1) is 14.7. The molecule has 2 unspecified atom stereocenters. The van der Waals surface area contributed by atoms with Gasteiger partial charge in [0.15, 0.2) is 0 Å². The molecule has 31 heavy (non-hydrogen) atoms. The molecule has 0 aliphatic heterocycles. The molecule has 10 heteroatoms. The van der Waals surface area contributed by atoms with Crippen LogP contribution in [0.3, 0.4) is 0 Å². The van der Waals surface area contributed by atoms with Gasteiger partial charge in [0.05, 0.1) is 12.3 Å². The van der Waals surface area contributed by atoms with Gasteiger partial charge in [-0.25, -0.2) is 4.57 Å². The molecule has 1 aromatic heterocycles. The summed E-state index contributed by atoms with van der Waals surface area (Å²) in [6.07, 6.45) is 1.46. The van der Waals surface area contributed by atoms with E-state index in [9.17, 15) is 19.6 Å². The molecular weight excluding hydrogens is 421 g/mol. The third kappa shape index (κ3) is 5.21. The second-order valence-electron chi connectivity index (χ2n) is 6.93. The Labute approximate surface area is 179 Å². The molecule has 0 saturated heterocycles. The number of nitrogens with zero attached hydrogens (tertiary/aromatic N) is 1. The number of pyridine rings is 1. The fourth-order valence-electron chi connectivity index (χ4n) is 2.98. The first kappa shape index (κ1) is 22.7. The molecule has 5 N–H and O–H groups in total. The number of carboxylic acids is 1. The third-order valence-electron chi connectivity index (χ3n) is 4.71. The molecule has 3 aromatic rings. The Morgan fingerprint density at radius 2 is 1.97 bits per heavy atom. The number of aryl methyl sites for hydroxylation is 1. The van der Waals surface area contributed by atoms with Crippen LogP contribution in [-0.4, -0.2) is 27.2 Å².